The molecule has 1 aliphatic heterocycles. The highest BCUT2D eigenvalue weighted by molar-refractivity contribution is 7.92. The summed E-state index contributed by atoms with van der Waals surface area (Å²) in [6.45, 7) is 5.11. The third kappa shape index (κ3) is 4.69. The van der Waals surface area contributed by atoms with Gasteiger partial charge in [0.25, 0.3) is 0 Å². The number of halogens is 3. The first-order chi connectivity index (χ1) is 16.0. The van der Waals surface area contributed by atoms with Crippen molar-refractivity contribution in [2.45, 2.75) is 29.3 Å². The van der Waals surface area contributed by atoms with Gasteiger partial charge in [0, 0.05) is 31.9 Å². The Morgan fingerprint density at radius 1 is 1.06 bits per heavy atom. The second-order valence-corrected chi connectivity index (χ2v) is 10.7. The molecule has 0 amide bonds. The lowest BCUT2D eigenvalue weighted by molar-refractivity contribution is -0.141. The number of benzene rings is 2. The van der Waals surface area contributed by atoms with Crippen LogP contribution in [0.15, 0.2) is 60.0 Å². The van der Waals surface area contributed by atoms with E-state index in [1.54, 1.807) is 28.0 Å². The molecule has 182 valence electrons. The number of aliphatic carboxylic acids is 1. The average molecular weight is 495 g/mol. The van der Waals surface area contributed by atoms with Crippen LogP contribution >= 0.6 is 0 Å². The van der Waals surface area contributed by atoms with Crippen molar-refractivity contribution in [3.63, 3.8) is 0 Å². The summed E-state index contributed by atoms with van der Waals surface area (Å²) in [5.74, 6) is -1.45. The predicted octanol–water partition coefficient (Wildman–Crippen LogP) is 3.61. The predicted molar refractivity (Wildman–Crippen MR) is 121 cm³/mol. The molecule has 2 aromatic carbocycles. The van der Waals surface area contributed by atoms with Gasteiger partial charge >= 0.3 is 12.1 Å². The van der Waals surface area contributed by atoms with E-state index in [4.69, 9.17) is 0 Å². The van der Waals surface area contributed by atoms with Gasteiger partial charge in [-0.25, -0.2) is 8.42 Å². The number of anilines is 1. The van der Waals surface area contributed by atoms with Gasteiger partial charge in [0.05, 0.1) is 16.4 Å². The van der Waals surface area contributed by atoms with E-state index < -0.39 is 38.8 Å². The van der Waals surface area contributed by atoms with E-state index in [-0.39, 0.29) is 4.90 Å². The SMILES string of the molecule is C=CC(N1CCN(c2cccc(C(F)(F)F)c2)CC1)S(=O)(=O)c1ccc2c(c1)CC(C(=O)O)C2. The minimum absolute atomic E-state index is 0.113. The molecule has 0 saturated carbocycles. The number of sulfone groups is 1. The number of carbonyl (C=O) groups is 1. The molecule has 2 atom stereocenters. The molecule has 6 nitrogen and oxygen atoms in total. The third-order valence-corrected chi connectivity index (χ3v) is 8.56. The molecular weight excluding hydrogens is 469 g/mol. The van der Waals surface area contributed by atoms with Crippen LogP contribution in [0.2, 0.25) is 0 Å². The molecule has 1 aliphatic carbocycles. The normalized spacial score (nSPS) is 20.1. The molecule has 4 rings (SSSR count). The van der Waals surface area contributed by atoms with Crippen molar-refractivity contribution < 1.29 is 31.5 Å². The first-order valence-electron chi connectivity index (χ1n) is 10.9. The molecule has 2 aliphatic rings. The smallest absolute Gasteiger partial charge is 0.416 e. The molecular formula is C24H25F3N2O4S. The molecule has 10 heteroatoms. The number of alkyl halides is 3. The van der Waals surface area contributed by atoms with E-state index in [0.717, 1.165) is 23.3 Å². The van der Waals surface area contributed by atoms with Crippen LogP contribution in [-0.2, 0) is 33.6 Å². The fourth-order valence-electron chi connectivity index (χ4n) is 4.67. The second kappa shape index (κ2) is 9.07. The molecule has 1 heterocycles. The van der Waals surface area contributed by atoms with E-state index in [1.165, 1.54) is 18.2 Å². The number of carboxylic acids is 1. The van der Waals surface area contributed by atoms with Crippen LogP contribution in [0, 0.1) is 5.92 Å². The minimum atomic E-state index is -4.43. The molecule has 1 saturated heterocycles. The molecule has 2 aromatic rings. The van der Waals surface area contributed by atoms with E-state index in [1.807, 2.05) is 0 Å². The second-order valence-electron chi connectivity index (χ2n) is 8.62. The largest absolute Gasteiger partial charge is 0.481 e. The molecule has 1 N–H and O–H groups in total. The van der Waals surface area contributed by atoms with E-state index in [9.17, 15) is 31.5 Å². The Labute approximate surface area is 196 Å². The maximum Gasteiger partial charge on any atom is 0.416 e. The van der Waals surface area contributed by atoms with Gasteiger partial charge in [0.15, 0.2) is 9.84 Å². The zero-order valence-electron chi connectivity index (χ0n) is 18.3. The van der Waals surface area contributed by atoms with E-state index >= 15 is 0 Å². The number of hydrogen-bond acceptors (Lipinski definition) is 5. The average Bonchev–Trinajstić information content (AvgIpc) is 3.23. The van der Waals surface area contributed by atoms with Crippen molar-refractivity contribution in [2.75, 3.05) is 31.1 Å². The summed E-state index contributed by atoms with van der Waals surface area (Å²) >= 11 is 0. The van der Waals surface area contributed by atoms with E-state index in [0.29, 0.717) is 44.7 Å². The lowest BCUT2D eigenvalue weighted by atomic mass is 10.1. The lowest BCUT2D eigenvalue weighted by Crippen LogP contribution is -2.52. The number of fused-ring (bicyclic) bond motifs is 1. The van der Waals surface area contributed by atoms with Crippen LogP contribution in [0.4, 0.5) is 18.9 Å². The summed E-state index contributed by atoms with van der Waals surface area (Å²) in [6, 6.07) is 9.85. The molecule has 0 spiro atoms. The zero-order valence-corrected chi connectivity index (χ0v) is 19.1. The van der Waals surface area contributed by atoms with Gasteiger partial charge < -0.3 is 10.0 Å². The molecule has 2 unspecified atom stereocenters. The maximum absolute atomic E-state index is 13.4. The van der Waals surface area contributed by atoms with Gasteiger partial charge in [0.2, 0.25) is 0 Å². The van der Waals surface area contributed by atoms with Gasteiger partial charge in [-0.1, -0.05) is 18.2 Å². The number of rotatable bonds is 6. The summed E-state index contributed by atoms with van der Waals surface area (Å²) < 4.78 is 66.0. The van der Waals surface area contributed by atoms with Crippen LogP contribution in [0.25, 0.3) is 0 Å². The Balaban J connectivity index is 1.48. The van der Waals surface area contributed by atoms with Crippen molar-refractivity contribution in [3.05, 3.63) is 71.8 Å². The Morgan fingerprint density at radius 3 is 2.35 bits per heavy atom. The van der Waals surface area contributed by atoms with Crippen molar-refractivity contribution in [2.24, 2.45) is 5.92 Å². The van der Waals surface area contributed by atoms with E-state index in [2.05, 4.69) is 6.58 Å². The highest BCUT2D eigenvalue weighted by atomic mass is 32.2. The number of hydrogen-bond donors (Lipinski definition) is 1. The molecule has 0 bridgehead atoms. The topological polar surface area (TPSA) is 77.9 Å². The fourth-order valence-corrected chi connectivity index (χ4v) is 6.37. The van der Waals surface area contributed by atoms with Gasteiger partial charge in [0.1, 0.15) is 5.37 Å². The first-order valence-corrected chi connectivity index (χ1v) is 12.4. The monoisotopic (exact) mass is 494 g/mol. The summed E-state index contributed by atoms with van der Waals surface area (Å²) in [5.41, 5.74) is 1.29. The minimum Gasteiger partial charge on any atom is -0.481 e. The first kappa shape index (κ1) is 24.3. The molecule has 0 aromatic heterocycles. The molecule has 0 radical (unpaired) electrons. The Bertz CT molecular complexity index is 1200. The molecule has 34 heavy (non-hydrogen) atoms. The van der Waals surface area contributed by atoms with Crippen LogP contribution < -0.4 is 4.90 Å². The Kier molecular flexibility index (Phi) is 6.48. The van der Waals surface area contributed by atoms with Crippen molar-refractivity contribution >= 4 is 21.5 Å². The van der Waals surface area contributed by atoms with Crippen molar-refractivity contribution in [1.29, 1.82) is 0 Å². The van der Waals surface area contributed by atoms with Crippen molar-refractivity contribution in [3.8, 4) is 0 Å². The van der Waals surface area contributed by atoms with Crippen LogP contribution in [0.5, 0.6) is 0 Å². The molecule has 1 fully saturated rings. The van der Waals surface area contributed by atoms with Gasteiger partial charge in [-0.3, -0.25) is 9.69 Å². The van der Waals surface area contributed by atoms with Crippen LogP contribution in [0.3, 0.4) is 0 Å². The van der Waals surface area contributed by atoms with Crippen LogP contribution in [0.1, 0.15) is 16.7 Å². The summed E-state index contributed by atoms with van der Waals surface area (Å²) in [7, 11) is -3.83. The quantitative estimate of drug-likeness (QED) is 0.619. The van der Waals surface area contributed by atoms with Gasteiger partial charge in [-0.05, 0) is 54.3 Å². The maximum atomic E-state index is 13.4. The summed E-state index contributed by atoms with van der Waals surface area (Å²) in [4.78, 5) is 15.0. The third-order valence-electron chi connectivity index (χ3n) is 6.52. The van der Waals surface area contributed by atoms with Gasteiger partial charge in [-0.15, -0.1) is 6.58 Å². The zero-order chi connectivity index (χ0) is 24.7. The van der Waals surface area contributed by atoms with Crippen LogP contribution in [-0.4, -0.2) is 55.9 Å². The number of piperazine rings is 1. The van der Waals surface area contributed by atoms with Crippen molar-refractivity contribution in [1.82, 2.24) is 4.90 Å². The summed E-state index contributed by atoms with van der Waals surface area (Å²) in [6.07, 6.45) is -2.39. The highest BCUT2D eigenvalue weighted by Gasteiger charge is 2.35. The van der Waals surface area contributed by atoms with Gasteiger partial charge in [-0.2, -0.15) is 13.2 Å². The number of nitrogens with zero attached hydrogens (tertiary/aromatic N) is 2. The summed E-state index contributed by atoms with van der Waals surface area (Å²) in [5, 5.41) is 8.28. The fraction of sp³-hybridized carbons (Fsp3) is 0.375. The Hall–Kier alpha value is -2.85. The number of carboxylic acid groups (broad SMARTS) is 1. The lowest BCUT2D eigenvalue weighted by Gasteiger charge is -2.39. The highest BCUT2D eigenvalue weighted by Crippen LogP contribution is 2.33. The Morgan fingerprint density at radius 2 is 1.74 bits per heavy atom. The standard InChI is InChI=1S/C24H25F3N2O4S/c1-2-22(34(32,33)21-7-6-16-12-18(23(30)31)13-17(16)14-21)29-10-8-28(9-11-29)20-5-3-4-19(15-20)24(25,26)27/h2-7,14-15,18,22H,1,8-13H2,(H,30,31).